The van der Waals surface area contributed by atoms with Crippen LogP contribution in [0.15, 0.2) is 24.3 Å². The van der Waals surface area contributed by atoms with E-state index in [1.54, 1.807) is 0 Å². The summed E-state index contributed by atoms with van der Waals surface area (Å²) in [5.41, 5.74) is 1.22. The van der Waals surface area contributed by atoms with Crippen molar-refractivity contribution in [3.05, 3.63) is 24.3 Å². The van der Waals surface area contributed by atoms with Gasteiger partial charge in [0.1, 0.15) is 0 Å². The Bertz CT molecular complexity index is 170. The van der Waals surface area contributed by atoms with E-state index in [2.05, 4.69) is 31.0 Å². The molecular formula is C11H19N. The van der Waals surface area contributed by atoms with E-state index < -0.39 is 0 Å². The quantitative estimate of drug-likeness (QED) is 0.631. The van der Waals surface area contributed by atoms with Crippen molar-refractivity contribution in [2.45, 2.75) is 26.2 Å². The van der Waals surface area contributed by atoms with Crippen LogP contribution in [0.2, 0.25) is 0 Å². The zero-order valence-electron chi connectivity index (χ0n) is 7.97. The number of hydrogen-bond donors (Lipinski definition) is 1. The fourth-order valence-electron chi connectivity index (χ4n) is 1.53. The van der Waals surface area contributed by atoms with Gasteiger partial charge in [-0.25, -0.2) is 0 Å². The lowest BCUT2D eigenvalue weighted by Gasteiger charge is -2.17. The molecule has 0 spiro atoms. The second kappa shape index (κ2) is 5.15. The highest BCUT2D eigenvalue weighted by atomic mass is 14.9. The van der Waals surface area contributed by atoms with Crippen LogP contribution in [0.3, 0.4) is 0 Å². The summed E-state index contributed by atoms with van der Waals surface area (Å²) in [6.45, 7) is 8.05. The average molecular weight is 165 g/mol. The van der Waals surface area contributed by atoms with Gasteiger partial charge in [-0.1, -0.05) is 24.3 Å². The lowest BCUT2D eigenvalue weighted by Crippen LogP contribution is -2.24. The molecule has 0 aliphatic heterocycles. The average Bonchev–Trinajstić information content (AvgIpc) is 2.05. The molecule has 0 amide bonds. The molecule has 1 rings (SSSR count). The fourth-order valence-corrected chi connectivity index (χ4v) is 1.53. The van der Waals surface area contributed by atoms with E-state index in [4.69, 9.17) is 0 Å². The lowest BCUT2D eigenvalue weighted by atomic mass is 9.94. The van der Waals surface area contributed by atoms with E-state index in [0.29, 0.717) is 0 Å². The Morgan fingerprint density at radius 1 is 1.58 bits per heavy atom. The minimum Gasteiger partial charge on any atom is -0.313 e. The van der Waals surface area contributed by atoms with Crippen LogP contribution < -0.4 is 5.32 Å². The first-order valence-corrected chi connectivity index (χ1v) is 4.79. The molecular weight excluding hydrogens is 146 g/mol. The van der Waals surface area contributed by atoms with Crippen LogP contribution in [0.5, 0.6) is 0 Å². The summed E-state index contributed by atoms with van der Waals surface area (Å²) in [5.74, 6) is 0.856. The minimum absolute atomic E-state index is 0.856. The number of rotatable bonds is 4. The summed E-state index contributed by atoms with van der Waals surface area (Å²) >= 11 is 0. The van der Waals surface area contributed by atoms with Crippen LogP contribution in [0.1, 0.15) is 26.2 Å². The van der Waals surface area contributed by atoms with Gasteiger partial charge in [0, 0.05) is 6.54 Å². The molecule has 0 aromatic heterocycles. The van der Waals surface area contributed by atoms with E-state index in [1.807, 2.05) is 0 Å². The predicted octanol–water partition coefficient (Wildman–Crippen LogP) is 2.51. The van der Waals surface area contributed by atoms with Crippen molar-refractivity contribution in [2.24, 2.45) is 5.92 Å². The maximum absolute atomic E-state index is 3.86. The van der Waals surface area contributed by atoms with Gasteiger partial charge in [0.2, 0.25) is 0 Å². The highest BCUT2D eigenvalue weighted by Crippen LogP contribution is 2.16. The van der Waals surface area contributed by atoms with Crippen LogP contribution in [0, 0.1) is 5.92 Å². The van der Waals surface area contributed by atoms with E-state index in [-0.39, 0.29) is 0 Å². The maximum atomic E-state index is 3.86. The fraction of sp³-hybridized carbons (Fsp3) is 0.636. The highest BCUT2D eigenvalue weighted by molar-refractivity contribution is 4.93. The zero-order chi connectivity index (χ0) is 8.81. The smallest absolute Gasteiger partial charge is 0.0159 e. The molecule has 0 saturated heterocycles. The van der Waals surface area contributed by atoms with Gasteiger partial charge in [-0.15, -0.1) is 0 Å². The van der Waals surface area contributed by atoms with Gasteiger partial charge in [-0.3, -0.25) is 0 Å². The molecule has 0 aromatic carbocycles. The van der Waals surface area contributed by atoms with Gasteiger partial charge in [0.15, 0.2) is 0 Å². The molecule has 1 N–H and O–H groups in total. The highest BCUT2D eigenvalue weighted by Gasteiger charge is 2.08. The maximum Gasteiger partial charge on any atom is 0.0159 e. The summed E-state index contributed by atoms with van der Waals surface area (Å²) < 4.78 is 0. The summed E-state index contributed by atoms with van der Waals surface area (Å²) in [6.07, 6.45) is 8.45. The van der Waals surface area contributed by atoms with Crippen LogP contribution >= 0.6 is 0 Å². The summed E-state index contributed by atoms with van der Waals surface area (Å²) in [6, 6.07) is 0. The van der Waals surface area contributed by atoms with E-state index in [9.17, 15) is 0 Å². The Labute approximate surface area is 75.6 Å². The number of hydrogen-bond acceptors (Lipinski definition) is 1. The molecule has 68 valence electrons. The van der Waals surface area contributed by atoms with E-state index in [0.717, 1.165) is 19.0 Å². The summed E-state index contributed by atoms with van der Waals surface area (Å²) in [4.78, 5) is 0. The lowest BCUT2D eigenvalue weighted by molar-refractivity contribution is 0.449. The number of nitrogens with one attached hydrogen (secondary N) is 1. The van der Waals surface area contributed by atoms with Crippen molar-refractivity contribution in [1.82, 2.24) is 5.32 Å². The minimum atomic E-state index is 0.856. The zero-order valence-corrected chi connectivity index (χ0v) is 7.97. The van der Waals surface area contributed by atoms with Crippen LogP contribution in [0.4, 0.5) is 0 Å². The molecule has 1 nitrogen and oxygen atoms in total. The third-order valence-electron chi connectivity index (χ3n) is 2.24. The molecule has 0 saturated carbocycles. The van der Waals surface area contributed by atoms with Crippen LogP contribution in [0.25, 0.3) is 0 Å². The molecule has 0 fully saturated rings. The van der Waals surface area contributed by atoms with Crippen molar-refractivity contribution < 1.29 is 0 Å². The van der Waals surface area contributed by atoms with Crippen LogP contribution in [-0.4, -0.2) is 13.1 Å². The molecule has 1 atom stereocenters. The van der Waals surface area contributed by atoms with Crippen molar-refractivity contribution in [3.8, 4) is 0 Å². The second-order valence-corrected chi connectivity index (χ2v) is 3.74. The Morgan fingerprint density at radius 2 is 2.42 bits per heavy atom. The van der Waals surface area contributed by atoms with Crippen LogP contribution in [-0.2, 0) is 0 Å². The monoisotopic (exact) mass is 165 g/mol. The third-order valence-corrected chi connectivity index (χ3v) is 2.24. The van der Waals surface area contributed by atoms with Crippen molar-refractivity contribution >= 4 is 0 Å². The Kier molecular flexibility index (Phi) is 4.09. The second-order valence-electron chi connectivity index (χ2n) is 3.74. The molecule has 0 bridgehead atoms. The third kappa shape index (κ3) is 3.72. The Hall–Kier alpha value is -0.560. The molecule has 1 aliphatic carbocycles. The topological polar surface area (TPSA) is 12.0 Å². The summed E-state index contributed by atoms with van der Waals surface area (Å²) in [5, 5.41) is 3.42. The summed E-state index contributed by atoms with van der Waals surface area (Å²) in [7, 11) is 0. The molecule has 1 heteroatoms. The standard InChI is InChI=1S/C11H19N/c1-10(2)8-12-9-11-6-4-3-5-7-11/h3-4,11-12H,1,5-9H2,2H3. The first kappa shape index (κ1) is 9.53. The van der Waals surface area contributed by atoms with Gasteiger partial charge in [0.05, 0.1) is 0 Å². The van der Waals surface area contributed by atoms with Gasteiger partial charge >= 0.3 is 0 Å². The van der Waals surface area contributed by atoms with Gasteiger partial charge in [-0.2, -0.15) is 0 Å². The number of allylic oxidation sites excluding steroid dienone is 2. The largest absolute Gasteiger partial charge is 0.313 e. The molecule has 0 aromatic rings. The first-order valence-electron chi connectivity index (χ1n) is 4.79. The molecule has 1 aliphatic rings. The van der Waals surface area contributed by atoms with Crippen molar-refractivity contribution in [3.63, 3.8) is 0 Å². The normalized spacial score (nSPS) is 22.6. The van der Waals surface area contributed by atoms with Gasteiger partial charge in [0.25, 0.3) is 0 Å². The first-order chi connectivity index (χ1) is 5.79. The van der Waals surface area contributed by atoms with E-state index in [1.165, 1.54) is 24.8 Å². The van der Waals surface area contributed by atoms with E-state index >= 15 is 0 Å². The molecule has 12 heavy (non-hydrogen) atoms. The Morgan fingerprint density at radius 3 is 3.00 bits per heavy atom. The predicted molar refractivity (Wildman–Crippen MR) is 54.2 cm³/mol. The van der Waals surface area contributed by atoms with Crippen molar-refractivity contribution in [1.29, 1.82) is 0 Å². The van der Waals surface area contributed by atoms with Crippen molar-refractivity contribution in [2.75, 3.05) is 13.1 Å². The SMILES string of the molecule is C=C(C)CNCC1CC=CCC1. The van der Waals surface area contributed by atoms with Gasteiger partial charge in [-0.05, 0) is 38.6 Å². The molecule has 1 unspecified atom stereocenters. The molecule has 0 radical (unpaired) electrons. The molecule has 0 heterocycles. The Balaban J connectivity index is 2.06. The van der Waals surface area contributed by atoms with Gasteiger partial charge < -0.3 is 5.32 Å².